The Morgan fingerprint density at radius 2 is 2.00 bits per heavy atom. The molecule has 0 amide bonds. The maximum atomic E-state index is 5.51. The molecule has 0 aromatic heterocycles. The van der Waals surface area contributed by atoms with Gasteiger partial charge in [0.15, 0.2) is 5.11 Å². The van der Waals surface area contributed by atoms with Crippen LogP contribution in [0.3, 0.4) is 0 Å². The molecule has 1 fully saturated rings. The summed E-state index contributed by atoms with van der Waals surface area (Å²) < 4.78 is 5.51. The van der Waals surface area contributed by atoms with E-state index in [2.05, 4.69) is 24.5 Å². The summed E-state index contributed by atoms with van der Waals surface area (Å²) in [6.07, 6.45) is 6.31. The largest absolute Gasteiger partial charge is 0.380 e. The van der Waals surface area contributed by atoms with Crippen LogP contribution in [0.4, 0.5) is 0 Å². The van der Waals surface area contributed by atoms with Gasteiger partial charge in [0.2, 0.25) is 0 Å². The monoisotopic (exact) mass is 258 g/mol. The zero-order chi connectivity index (χ0) is 12.5. The fourth-order valence-corrected chi connectivity index (χ4v) is 2.23. The van der Waals surface area contributed by atoms with Gasteiger partial charge in [-0.3, -0.25) is 0 Å². The first-order valence-corrected chi connectivity index (χ1v) is 7.21. The maximum Gasteiger partial charge on any atom is 0.166 e. The lowest BCUT2D eigenvalue weighted by molar-refractivity contribution is 0.128. The number of rotatable bonds is 7. The third-order valence-electron chi connectivity index (χ3n) is 3.06. The van der Waals surface area contributed by atoms with Crippen LogP contribution >= 0.6 is 12.2 Å². The summed E-state index contributed by atoms with van der Waals surface area (Å²) in [5, 5.41) is 7.33. The lowest BCUT2D eigenvalue weighted by Crippen LogP contribution is -2.41. The van der Waals surface area contributed by atoms with Gasteiger partial charge in [-0.1, -0.05) is 26.7 Å². The molecule has 3 nitrogen and oxygen atoms in total. The summed E-state index contributed by atoms with van der Waals surface area (Å²) in [6, 6.07) is 0.594. The molecule has 1 saturated carbocycles. The van der Waals surface area contributed by atoms with Crippen LogP contribution < -0.4 is 10.6 Å². The third kappa shape index (κ3) is 7.55. The van der Waals surface area contributed by atoms with Crippen LogP contribution in [0.2, 0.25) is 0 Å². The molecular formula is C13H26N2OS. The highest BCUT2D eigenvalue weighted by atomic mass is 32.1. The van der Waals surface area contributed by atoms with Crippen LogP contribution in [0, 0.1) is 5.92 Å². The smallest absolute Gasteiger partial charge is 0.166 e. The van der Waals surface area contributed by atoms with Crippen molar-refractivity contribution in [1.29, 1.82) is 0 Å². The summed E-state index contributed by atoms with van der Waals surface area (Å²) in [5.74, 6) is 0.716. The molecule has 1 rings (SSSR count). The molecule has 0 atom stereocenters. The van der Waals surface area contributed by atoms with Gasteiger partial charge < -0.3 is 15.4 Å². The maximum absolute atomic E-state index is 5.51. The minimum absolute atomic E-state index is 0.594. The molecule has 0 saturated heterocycles. The fourth-order valence-electron chi connectivity index (χ4n) is 1.96. The van der Waals surface area contributed by atoms with E-state index in [0.717, 1.165) is 31.3 Å². The first-order valence-electron chi connectivity index (χ1n) is 6.80. The van der Waals surface area contributed by atoms with E-state index in [0.29, 0.717) is 12.0 Å². The molecule has 100 valence electrons. The normalized spacial score (nSPS) is 16.4. The van der Waals surface area contributed by atoms with E-state index < -0.39 is 0 Å². The van der Waals surface area contributed by atoms with Gasteiger partial charge in [0.25, 0.3) is 0 Å². The van der Waals surface area contributed by atoms with E-state index in [1.54, 1.807) is 0 Å². The highest BCUT2D eigenvalue weighted by Gasteiger charge is 2.14. The minimum atomic E-state index is 0.594. The van der Waals surface area contributed by atoms with Crippen molar-refractivity contribution in [3.63, 3.8) is 0 Å². The summed E-state index contributed by atoms with van der Waals surface area (Å²) in [6.45, 7) is 6.81. The van der Waals surface area contributed by atoms with E-state index >= 15 is 0 Å². The Balaban J connectivity index is 1.89. The highest BCUT2D eigenvalue weighted by molar-refractivity contribution is 7.80. The molecule has 0 unspecified atom stereocenters. The van der Waals surface area contributed by atoms with Gasteiger partial charge in [-0.2, -0.15) is 0 Å². The van der Waals surface area contributed by atoms with Gasteiger partial charge in [-0.05, 0) is 37.4 Å². The van der Waals surface area contributed by atoms with E-state index in [-0.39, 0.29) is 0 Å². The Labute approximate surface area is 111 Å². The van der Waals surface area contributed by atoms with Crippen LogP contribution in [0.1, 0.15) is 46.0 Å². The fraction of sp³-hybridized carbons (Fsp3) is 0.923. The number of nitrogens with one attached hydrogen (secondary N) is 2. The number of hydrogen-bond acceptors (Lipinski definition) is 2. The van der Waals surface area contributed by atoms with E-state index in [1.807, 2.05) is 0 Å². The molecule has 0 radical (unpaired) electrons. The van der Waals surface area contributed by atoms with Crippen molar-refractivity contribution in [1.82, 2.24) is 10.6 Å². The van der Waals surface area contributed by atoms with Crippen LogP contribution in [0.25, 0.3) is 0 Å². The molecule has 0 aromatic carbocycles. The number of hydrogen-bond donors (Lipinski definition) is 2. The van der Waals surface area contributed by atoms with E-state index in [1.165, 1.54) is 25.7 Å². The standard InChI is InChI=1S/C13H26N2OS/c1-11(2)7-9-16-10-8-14-13(17)15-12-5-3-4-6-12/h11-12H,3-10H2,1-2H3,(H2,14,15,17). The number of thiocarbonyl (C=S) groups is 1. The lowest BCUT2D eigenvalue weighted by atomic mass is 10.1. The second kappa shape index (κ2) is 8.70. The Morgan fingerprint density at radius 3 is 2.65 bits per heavy atom. The Kier molecular flexibility index (Phi) is 7.53. The SMILES string of the molecule is CC(C)CCOCCNC(=S)NC1CCCC1. The zero-order valence-electron chi connectivity index (χ0n) is 11.1. The number of ether oxygens (including phenoxy) is 1. The van der Waals surface area contributed by atoms with Crippen LogP contribution in [-0.4, -0.2) is 30.9 Å². The quantitative estimate of drug-likeness (QED) is 0.543. The first kappa shape index (κ1) is 14.7. The molecule has 17 heavy (non-hydrogen) atoms. The first-order chi connectivity index (χ1) is 8.18. The predicted octanol–water partition coefficient (Wildman–Crippen LogP) is 2.46. The predicted molar refractivity (Wildman–Crippen MR) is 76.3 cm³/mol. The van der Waals surface area contributed by atoms with E-state index in [9.17, 15) is 0 Å². The second-order valence-electron chi connectivity index (χ2n) is 5.18. The second-order valence-corrected chi connectivity index (χ2v) is 5.58. The summed E-state index contributed by atoms with van der Waals surface area (Å²) in [7, 11) is 0. The Bertz CT molecular complexity index is 215. The topological polar surface area (TPSA) is 33.3 Å². The van der Waals surface area contributed by atoms with Crippen molar-refractivity contribution in [3.8, 4) is 0 Å². The van der Waals surface area contributed by atoms with Gasteiger partial charge in [-0.15, -0.1) is 0 Å². The van der Waals surface area contributed by atoms with E-state index in [4.69, 9.17) is 17.0 Å². The van der Waals surface area contributed by atoms with Crippen LogP contribution in [-0.2, 0) is 4.74 Å². The molecule has 0 bridgehead atoms. The Hall–Kier alpha value is -0.350. The summed E-state index contributed by atoms with van der Waals surface area (Å²) >= 11 is 5.23. The van der Waals surface area contributed by atoms with Gasteiger partial charge in [0.05, 0.1) is 6.61 Å². The van der Waals surface area contributed by atoms with Crippen molar-refractivity contribution in [3.05, 3.63) is 0 Å². The lowest BCUT2D eigenvalue weighted by Gasteiger charge is -2.15. The molecule has 1 aliphatic rings. The third-order valence-corrected chi connectivity index (χ3v) is 3.32. The minimum Gasteiger partial charge on any atom is -0.380 e. The molecule has 0 aliphatic heterocycles. The summed E-state index contributed by atoms with van der Waals surface area (Å²) in [4.78, 5) is 0. The molecule has 0 spiro atoms. The zero-order valence-corrected chi connectivity index (χ0v) is 11.9. The van der Waals surface area contributed by atoms with Gasteiger partial charge in [0.1, 0.15) is 0 Å². The molecule has 1 aliphatic carbocycles. The van der Waals surface area contributed by atoms with Crippen molar-refractivity contribution in [2.75, 3.05) is 19.8 Å². The molecule has 2 N–H and O–H groups in total. The molecule has 0 aromatic rings. The highest BCUT2D eigenvalue weighted by Crippen LogP contribution is 2.17. The van der Waals surface area contributed by atoms with Crippen molar-refractivity contribution < 1.29 is 4.74 Å². The average molecular weight is 258 g/mol. The average Bonchev–Trinajstić information content (AvgIpc) is 2.75. The van der Waals surface area contributed by atoms with Crippen molar-refractivity contribution in [2.45, 2.75) is 52.0 Å². The van der Waals surface area contributed by atoms with Gasteiger partial charge in [0, 0.05) is 19.2 Å². The molecular weight excluding hydrogens is 232 g/mol. The molecule has 0 heterocycles. The van der Waals surface area contributed by atoms with Gasteiger partial charge in [-0.25, -0.2) is 0 Å². The van der Waals surface area contributed by atoms with Crippen LogP contribution in [0.5, 0.6) is 0 Å². The Morgan fingerprint density at radius 1 is 1.29 bits per heavy atom. The van der Waals surface area contributed by atoms with Crippen LogP contribution in [0.15, 0.2) is 0 Å². The van der Waals surface area contributed by atoms with Crippen molar-refractivity contribution >= 4 is 17.3 Å². The summed E-state index contributed by atoms with van der Waals surface area (Å²) in [5.41, 5.74) is 0. The molecule has 4 heteroatoms. The van der Waals surface area contributed by atoms with Gasteiger partial charge >= 0.3 is 0 Å². The van der Waals surface area contributed by atoms with Crippen molar-refractivity contribution in [2.24, 2.45) is 5.92 Å².